The van der Waals surface area contributed by atoms with Crippen LogP contribution in [0.15, 0.2) is 22.7 Å². The Morgan fingerprint density at radius 2 is 2.00 bits per heavy atom. The number of carbonyl (C=O) groups is 1. The highest BCUT2D eigenvalue weighted by Crippen LogP contribution is 2.19. The fraction of sp³-hybridized carbons (Fsp3) is 0.500. The fourth-order valence-corrected chi connectivity index (χ4v) is 2.33. The Morgan fingerprint density at radius 3 is 2.53 bits per heavy atom. The van der Waals surface area contributed by atoms with E-state index in [0.717, 1.165) is 13.0 Å². The fourth-order valence-electron chi connectivity index (χ4n) is 1.81. The van der Waals surface area contributed by atoms with E-state index in [2.05, 4.69) is 20.8 Å². The molecule has 5 heteroatoms. The third-order valence-corrected chi connectivity index (χ3v) is 3.52. The van der Waals surface area contributed by atoms with Crippen LogP contribution in [0.3, 0.4) is 0 Å². The quantitative estimate of drug-likeness (QED) is 0.800. The topological polar surface area (TPSA) is 23.6 Å². The van der Waals surface area contributed by atoms with Crippen LogP contribution in [0, 0.1) is 5.82 Å². The van der Waals surface area contributed by atoms with Crippen molar-refractivity contribution in [3.8, 4) is 0 Å². The zero-order chi connectivity index (χ0) is 14.4. The van der Waals surface area contributed by atoms with Gasteiger partial charge in [-0.15, -0.1) is 0 Å². The van der Waals surface area contributed by atoms with Crippen molar-refractivity contribution in [1.82, 2.24) is 9.80 Å². The summed E-state index contributed by atoms with van der Waals surface area (Å²) in [6.45, 7) is 4.24. The van der Waals surface area contributed by atoms with Gasteiger partial charge in [0, 0.05) is 17.6 Å². The second-order valence-electron chi connectivity index (χ2n) is 4.67. The van der Waals surface area contributed by atoms with Crippen LogP contribution in [0.5, 0.6) is 0 Å². The highest BCUT2D eigenvalue weighted by Gasteiger charge is 2.16. The molecule has 0 saturated heterocycles. The predicted molar refractivity (Wildman–Crippen MR) is 78.8 cm³/mol. The smallest absolute Gasteiger partial charge is 0.254 e. The van der Waals surface area contributed by atoms with E-state index < -0.39 is 0 Å². The number of benzene rings is 1. The molecular formula is C14H20BrFN2O. The molecule has 1 rings (SSSR count). The van der Waals surface area contributed by atoms with E-state index in [0.29, 0.717) is 23.1 Å². The van der Waals surface area contributed by atoms with Crippen molar-refractivity contribution in [2.45, 2.75) is 13.3 Å². The molecule has 1 aromatic rings. The number of nitrogens with zero attached hydrogens (tertiary/aromatic N) is 2. The molecule has 0 aliphatic rings. The summed E-state index contributed by atoms with van der Waals surface area (Å²) in [6.07, 6.45) is 0.922. The van der Waals surface area contributed by atoms with E-state index in [1.165, 1.54) is 18.2 Å². The van der Waals surface area contributed by atoms with Gasteiger partial charge in [-0.25, -0.2) is 4.39 Å². The second kappa shape index (κ2) is 7.60. The summed E-state index contributed by atoms with van der Waals surface area (Å²) in [5.41, 5.74) is 0.508. The lowest BCUT2D eigenvalue weighted by atomic mass is 10.2. The molecule has 0 heterocycles. The van der Waals surface area contributed by atoms with Crippen molar-refractivity contribution in [2.24, 2.45) is 0 Å². The van der Waals surface area contributed by atoms with Gasteiger partial charge in [0.2, 0.25) is 0 Å². The zero-order valence-electron chi connectivity index (χ0n) is 11.6. The molecule has 0 spiro atoms. The third kappa shape index (κ3) is 4.91. The second-order valence-corrected chi connectivity index (χ2v) is 5.52. The lowest BCUT2D eigenvalue weighted by molar-refractivity contribution is 0.0758. The van der Waals surface area contributed by atoms with Crippen molar-refractivity contribution in [3.05, 3.63) is 34.1 Å². The van der Waals surface area contributed by atoms with Gasteiger partial charge in [-0.2, -0.15) is 0 Å². The molecule has 0 bridgehead atoms. The Bertz CT molecular complexity index is 437. The maximum absolute atomic E-state index is 13.0. The number of amides is 1. The summed E-state index contributed by atoms with van der Waals surface area (Å²) in [5, 5.41) is 0. The average Bonchev–Trinajstić information content (AvgIpc) is 2.33. The van der Waals surface area contributed by atoms with Crippen molar-refractivity contribution < 1.29 is 9.18 Å². The first-order valence-electron chi connectivity index (χ1n) is 6.34. The maximum atomic E-state index is 13.0. The van der Waals surface area contributed by atoms with E-state index in [1.807, 2.05) is 21.0 Å². The lowest BCUT2D eigenvalue weighted by Gasteiger charge is -2.22. The monoisotopic (exact) mass is 330 g/mol. The summed E-state index contributed by atoms with van der Waals surface area (Å²) >= 11 is 3.24. The molecule has 3 nitrogen and oxygen atoms in total. The molecule has 0 atom stereocenters. The average molecular weight is 331 g/mol. The van der Waals surface area contributed by atoms with Crippen LogP contribution in [0.4, 0.5) is 4.39 Å². The Morgan fingerprint density at radius 1 is 1.32 bits per heavy atom. The first kappa shape index (κ1) is 16.1. The van der Waals surface area contributed by atoms with Gasteiger partial charge in [0.25, 0.3) is 5.91 Å². The van der Waals surface area contributed by atoms with Crippen LogP contribution in [-0.4, -0.2) is 49.4 Å². The van der Waals surface area contributed by atoms with Gasteiger partial charge < -0.3 is 9.80 Å². The molecule has 0 fully saturated rings. The Labute approximate surface area is 122 Å². The highest BCUT2D eigenvalue weighted by atomic mass is 79.9. The van der Waals surface area contributed by atoms with E-state index in [-0.39, 0.29) is 11.7 Å². The summed E-state index contributed by atoms with van der Waals surface area (Å²) in [4.78, 5) is 16.2. The van der Waals surface area contributed by atoms with Crippen LogP contribution in [0.1, 0.15) is 23.7 Å². The van der Waals surface area contributed by atoms with Gasteiger partial charge in [0.15, 0.2) is 0 Å². The molecule has 0 N–H and O–H groups in total. The van der Waals surface area contributed by atoms with Crippen molar-refractivity contribution >= 4 is 21.8 Å². The minimum Gasteiger partial charge on any atom is -0.339 e. The first-order chi connectivity index (χ1) is 8.95. The van der Waals surface area contributed by atoms with Gasteiger partial charge in [0.05, 0.1) is 5.56 Å². The number of hydrogen-bond donors (Lipinski definition) is 0. The Kier molecular flexibility index (Phi) is 6.45. The van der Waals surface area contributed by atoms with Crippen molar-refractivity contribution in [2.75, 3.05) is 33.7 Å². The molecular weight excluding hydrogens is 311 g/mol. The third-order valence-electron chi connectivity index (χ3n) is 2.86. The van der Waals surface area contributed by atoms with Crippen LogP contribution in [0.2, 0.25) is 0 Å². The van der Waals surface area contributed by atoms with Gasteiger partial charge in [-0.1, -0.05) is 0 Å². The first-order valence-corrected chi connectivity index (χ1v) is 7.14. The molecule has 0 aromatic heterocycles. The molecule has 0 aliphatic heterocycles. The van der Waals surface area contributed by atoms with E-state index in [1.54, 1.807) is 4.90 Å². The van der Waals surface area contributed by atoms with Crippen LogP contribution < -0.4 is 0 Å². The number of carbonyl (C=O) groups excluding carboxylic acids is 1. The van der Waals surface area contributed by atoms with E-state index >= 15 is 0 Å². The number of hydrogen-bond acceptors (Lipinski definition) is 2. The van der Waals surface area contributed by atoms with E-state index in [4.69, 9.17) is 0 Å². The van der Waals surface area contributed by atoms with E-state index in [9.17, 15) is 9.18 Å². The SMILES string of the molecule is CCN(CCCN(C)C)C(=O)c1ccc(F)cc1Br. The largest absolute Gasteiger partial charge is 0.339 e. The summed E-state index contributed by atoms with van der Waals surface area (Å²) in [6, 6.07) is 4.16. The summed E-state index contributed by atoms with van der Waals surface area (Å²) in [7, 11) is 4.02. The predicted octanol–water partition coefficient (Wildman–Crippen LogP) is 3.00. The van der Waals surface area contributed by atoms with Gasteiger partial charge >= 0.3 is 0 Å². The van der Waals surface area contributed by atoms with Crippen molar-refractivity contribution in [3.63, 3.8) is 0 Å². The lowest BCUT2D eigenvalue weighted by Crippen LogP contribution is -2.33. The minimum absolute atomic E-state index is 0.0619. The molecule has 0 saturated carbocycles. The summed E-state index contributed by atoms with van der Waals surface area (Å²) < 4.78 is 13.5. The van der Waals surface area contributed by atoms with Gasteiger partial charge in [-0.3, -0.25) is 4.79 Å². The van der Waals surface area contributed by atoms with Crippen LogP contribution in [0.25, 0.3) is 0 Å². The number of halogens is 2. The number of rotatable bonds is 6. The normalized spacial score (nSPS) is 10.8. The minimum atomic E-state index is -0.348. The van der Waals surface area contributed by atoms with Crippen LogP contribution in [-0.2, 0) is 0 Å². The summed E-state index contributed by atoms with van der Waals surface area (Å²) in [5.74, 6) is -0.410. The molecule has 19 heavy (non-hydrogen) atoms. The maximum Gasteiger partial charge on any atom is 0.254 e. The molecule has 0 radical (unpaired) electrons. The van der Waals surface area contributed by atoms with Crippen LogP contribution >= 0.6 is 15.9 Å². The van der Waals surface area contributed by atoms with Gasteiger partial charge in [-0.05, 0) is 68.1 Å². The standard InChI is InChI=1S/C14H20BrFN2O/c1-4-18(9-5-8-17(2)3)14(19)12-7-6-11(16)10-13(12)15/h6-7,10H,4-5,8-9H2,1-3H3. The highest BCUT2D eigenvalue weighted by molar-refractivity contribution is 9.10. The molecule has 0 unspecified atom stereocenters. The molecule has 106 valence electrons. The van der Waals surface area contributed by atoms with Crippen molar-refractivity contribution in [1.29, 1.82) is 0 Å². The Hall–Kier alpha value is -0.940. The molecule has 0 aliphatic carbocycles. The zero-order valence-corrected chi connectivity index (χ0v) is 13.2. The van der Waals surface area contributed by atoms with Gasteiger partial charge in [0.1, 0.15) is 5.82 Å². The Balaban J connectivity index is 2.72. The molecule has 1 amide bonds. The molecule has 1 aromatic carbocycles.